The zero-order valence-corrected chi connectivity index (χ0v) is 30.1. The van der Waals surface area contributed by atoms with Crippen molar-refractivity contribution in [3.05, 3.63) is 125 Å². The number of benzene rings is 4. The first-order valence-corrected chi connectivity index (χ1v) is 17.7. The minimum absolute atomic E-state index is 0.0186. The van der Waals surface area contributed by atoms with Crippen LogP contribution in [0.5, 0.6) is 11.5 Å². The topological polar surface area (TPSA) is 91.2 Å². The fourth-order valence-electron chi connectivity index (χ4n) is 6.80. The average molecular weight is 724 g/mol. The summed E-state index contributed by atoms with van der Waals surface area (Å²) >= 11 is 0. The van der Waals surface area contributed by atoms with E-state index < -0.39 is 40.4 Å². The maximum Gasteiger partial charge on any atom is 0.586 e. The van der Waals surface area contributed by atoms with Crippen molar-refractivity contribution in [2.75, 3.05) is 11.9 Å². The normalized spacial score (nSPS) is 16.4. The van der Waals surface area contributed by atoms with Gasteiger partial charge in [-0.2, -0.15) is 0 Å². The van der Waals surface area contributed by atoms with Gasteiger partial charge >= 0.3 is 6.29 Å². The molecule has 7 rings (SSSR count). The molecule has 274 valence electrons. The molecule has 2 N–H and O–H groups in total. The smallest absolute Gasteiger partial charge is 0.395 e. The van der Waals surface area contributed by atoms with Gasteiger partial charge in [-0.3, -0.25) is 4.79 Å². The van der Waals surface area contributed by atoms with Crippen LogP contribution in [0.3, 0.4) is 0 Å². The van der Waals surface area contributed by atoms with Gasteiger partial charge in [0.05, 0.1) is 49.1 Å². The van der Waals surface area contributed by atoms with E-state index in [2.05, 4.69) is 14.8 Å². The second-order valence-electron chi connectivity index (χ2n) is 15.2. The number of carbonyl (C=O) groups excluding carboxylic acids is 1. The number of rotatable bonds is 14. The van der Waals surface area contributed by atoms with Crippen molar-refractivity contribution < 1.29 is 42.0 Å². The molecular weight excluding hydrogens is 683 g/mol. The second-order valence-corrected chi connectivity index (χ2v) is 15.2. The molecule has 1 aliphatic carbocycles. The van der Waals surface area contributed by atoms with E-state index in [1.54, 1.807) is 12.1 Å². The Bertz CT molecular complexity index is 2120. The van der Waals surface area contributed by atoms with Gasteiger partial charge in [-0.05, 0) is 53.8 Å². The van der Waals surface area contributed by atoms with Gasteiger partial charge in [-0.1, -0.05) is 80.6 Å². The number of anilines is 1. The van der Waals surface area contributed by atoms with Crippen LogP contribution in [0.15, 0.2) is 97.1 Å². The summed E-state index contributed by atoms with van der Waals surface area (Å²) in [5.41, 5.74) is 2.19. The number of ether oxygens (including phenoxy) is 4. The maximum atomic E-state index is 16.1. The lowest BCUT2D eigenvalue weighted by Crippen LogP contribution is -2.48. The fourth-order valence-corrected chi connectivity index (χ4v) is 6.80. The first-order chi connectivity index (χ1) is 25.2. The summed E-state index contributed by atoms with van der Waals surface area (Å²) in [7, 11) is 3.65. The van der Waals surface area contributed by atoms with Crippen molar-refractivity contribution in [1.29, 1.82) is 0 Å². The summed E-state index contributed by atoms with van der Waals surface area (Å²) < 4.78 is 66.8. The molecule has 2 heterocycles. The molecule has 13 heteroatoms. The Kier molecular flexibility index (Phi) is 9.63. The van der Waals surface area contributed by atoms with Crippen molar-refractivity contribution in [2.24, 2.45) is 0 Å². The molecule has 1 fully saturated rings. The van der Waals surface area contributed by atoms with Crippen LogP contribution in [0.1, 0.15) is 49.1 Å². The van der Waals surface area contributed by atoms with Gasteiger partial charge in [0, 0.05) is 28.0 Å². The second kappa shape index (κ2) is 13.9. The van der Waals surface area contributed by atoms with Crippen LogP contribution in [-0.4, -0.2) is 55.7 Å². The SMILES string of the molecule is BC(B)(OCc1ccccc1)C(O)Cn1c(C(C)(C)COCc2ccccc2)cc2cc(NC(=O)C3(c4ccc5c(c4)OC(F)(F)O5)CC3)c(F)cc21. The average Bonchev–Trinajstić information content (AvgIpc) is 3.78. The number of nitrogens with zero attached hydrogens (tertiary/aromatic N) is 1. The molecule has 1 amide bonds. The Morgan fingerprint density at radius 1 is 0.925 bits per heavy atom. The number of amides is 1. The Morgan fingerprint density at radius 3 is 2.23 bits per heavy atom. The lowest BCUT2D eigenvalue weighted by Gasteiger charge is -2.34. The Balaban J connectivity index is 1.16. The van der Waals surface area contributed by atoms with Crippen LogP contribution in [0.4, 0.5) is 18.9 Å². The quantitative estimate of drug-likeness (QED) is 0.142. The van der Waals surface area contributed by atoms with Crippen LogP contribution in [0.2, 0.25) is 0 Å². The third-order valence-electron chi connectivity index (χ3n) is 10.3. The fraction of sp³-hybridized carbons (Fsp3) is 0.325. The molecule has 1 aromatic heterocycles. The summed E-state index contributed by atoms with van der Waals surface area (Å²) in [6.45, 7) is 5.21. The van der Waals surface area contributed by atoms with E-state index in [0.717, 1.165) is 16.8 Å². The molecular formula is C40H41B2F3N2O6. The molecule has 5 aromatic rings. The third kappa shape index (κ3) is 7.69. The lowest BCUT2D eigenvalue weighted by atomic mass is 9.61. The van der Waals surface area contributed by atoms with E-state index in [-0.39, 0.29) is 23.7 Å². The van der Waals surface area contributed by atoms with Gasteiger partial charge in [0.2, 0.25) is 5.91 Å². The van der Waals surface area contributed by atoms with Crippen LogP contribution in [-0.2, 0) is 44.9 Å². The Hall–Kier alpha value is -4.71. The summed E-state index contributed by atoms with van der Waals surface area (Å²) in [5, 5.41) is 14.1. The minimum Gasteiger partial charge on any atom is -0.395 e. The molecule has 0 bridgehead atoms. The van der Waals surface area contributed by atoms with E-state index >= 15 is 4.39 Å². The number of aromatic nitrogens is 1. The number of hydrogen-bond acceptors (Lipinski definition) is 6. The summed E-state index contributed by atoms with van der Waals surface area (Å²) in [4.78, 5) is 13.7. The number of halogens is 3. The predicted molar refractivity (Wildman–Crippen MR) is 200 cm³/mol. The summed E-state index contributed by atoms with van der Waals surface area (Å²) in [6, 6.07) is 28.7. The highest BCUT2D eigenvalue weighted by Gasteiger charge is 2.53. The van der Waals surface area contributed by atoms with Gasteiger partial charge in [0.1, 0.15) is 21.5 Å². The number of alkyl halides is 2. The molecule has 4 aromatic carbocycles. The van der Waals surface area contributed by atoms with Crippen LogP contribution in [0.25, 0.3) is 10.9 Å². The monoisotopic (exact) mass is 724 g/mol. The standard InChI is InChI=1S/C40H41B2F3N2O6/c1-37(2,24-50-22-25-9-5-3-6-10-25)34-18-27-17-30(46-36(49)38(15-16-38)28-13-14-32-33(19-28)53-40(44,45)52-32)29(43)20-31(27)47(34)21-35(48)39(41,42)51-23-26-11-7-4-8-12-26/h3-14,17-20,35,48H,15-16,21-24,41-42H2,1-2H3,(H,46,49). The molecule has 8 nitrogen and oxygen atoms in total. The van der Waals surface area contributed by atoms with E-state index in [9.17, 15) is 18.7 Å². The van der Waals surface area contributed by atoms with Crippen LogP contribution in [0, 0.1) is 5.82 Å². The molecule has 0 radical (unpaired) electrons. The molecule has 1 unspecified atom stereocenters. The molecule has 1 atom stereocenters. The number of fused-ring (bicyclic) bond motifs is 2. The van der Waals surface area contributed by atoms with Crippen molar-refractivity contribution in [1.82, 2.24) is 4.57 Å². The highest BCUT2D eigenvalue weighted by atomic mass is 19.3. The number of hydrogen-bond donors (Lipinski definition) is 2. The Labute approximate surface area is 308 Å². The number of aliphatic hydroxyl groups is 1. The zero-order chi connectivity index (χ0) is 37.6. The van der Waals surface area contributed by atoms with E-state index in [0.29, 0.717) is 49.1 Å². The van der Waals surface area contributed by atoms with Gasteiger partial charge in [0.25, 0.3) is 0 Å². The largest absolute Gasteiger partial charge is 0.586 e. The predicted octanol–water partition coefficient (Wildman–Crippen LogP) is 5.76. The molecule has 1 aliphatic heterocycles. The van der Waals surface area contributed by atoms with E-state index in [1.807, 2.05) is 101 Å². The number of nitrogens with one attached hydrogen (secondary N) is 1. The molecule has 1 saturated carbocycles. The van der Waals surface area contributed by atoms with E-state index in [1.165, 1.54) is 18.2 Å². The van der Waals surface area contributed by atoms with Crippen LogP contribution < -0.4 is 14.8 Å². The summed E-state index contributed by atoms with van der Waals surface area (Å²) in [5.74, 6) is -1.39. The highest BCUT2D eigenvalue weighted by molar-refractivity contribution is 6.39. The van der Waals surface area contributed by atoms with Crippen molar-refractivity contribution in [3.63, 3.8) is 0 Å². The maximum absolute atomic E-state index is 16.1. The van der Waals surface area contributed by atoms with Gasteiger partial charge < -0.3 is 33.9 Å². The molecule has 0 saturated heterocycles. The third-order valence-corrected chi connectivity index (χ3v) is 10.3. The number of aliphatic hydroxyl groups excluding tert-OH is 1. The minimum atomic E-state index is -3.78. The van der Waals surface area contributed by atoms with Crippen molar-refractivity contribution in [2.45, 2.75) is 75.1 Å². The first-order valence-electron chi connectivity index (χ1n) is 17.7. The van der Waals surface area contributed by atoms with Crippen molar-refractivity contribution in [3.8, 4) is 11.5 Å². The summed E-state index contributed by atoms with van der Waals surface area (Å²) in [6.07, 6.45) is -3.86. The van der Waals surface area contributed by atoms with Crippen LogP contribution >= 0.6 is 0 Å². The molecule has 0 spiro atoms. The van der Waals surface area contributed by atoms with Crippen molar-refractivity contribution >= 4 is 38.2 Å². The first kappa shape index (κ1) is 36.6. The van der Waals surface area contributed by atoms with Gasteiger partial charge in [-0.25, -0.2) is 4.39 Å². The van der Waals surface area contributed by atoms with Gasteiger partial charge in [-0.15, -0.1) is 8.78 Å². The zero-order valence-electron chi connectivity index (χ0n) is 30.1. The highest BCUT2D eigenvalue weighted by Crippen LogP contribution is 2.52. The molecule has 53 heavy (non-hydrogen) atoms. The molecule has 2 aliphatic rings. The van der Waals surface area contributed by atoms with Gasteiger partial charge in [0.15, 0.2) is 11.5 Å². The van der Waals surface area contributed by atoms with E-state index in [4.69, 9.17) is 9.47 Å². The number of carbonyl (C=O) groups is 1. The Morgan fingerprint density at radius 2 is 1.57 bits per heavy atom. The lowest BCUT2D eigenvalue weighted by molar-refractivity contribution is -0.286.